The van der Waals surface area contributed by atoms with E-state index in [0.717, 1.165) is 24.4 Å². The van der Waals surface area contributed by atoms with Crippen LogP contribution in [0.15, 0.2) is 0 Å². The molecule has 1 fully saturated rings. The lowest BCUT2D eigenvalue weighted by Gasteiger charge is -2.38. The molecule has 1 saturated heterocycles. The van der Waals surface area contributed by atoms with Crippen LogP contribution in [0.3, 0.4) is 0 Å². The number of rotatable bonds is 8. The lowest BCUT2D eigenvalue weighted by atomic mass is 9.97. The Labute approximate surface area is 115 Å². The lowest BCUT2D eigenvalue weighted by molar-refractivity contribution is 0.120. The van der Waals surface area contributed by atoms with Gasteiger partial charge in [-0.1, -0.05) is 47.0 Å². The normalized spacial score (nSPS) is 22.0. The summed E-state index contributed by atoms with van der Waals surface area (Å²) in [6, 6.07) is 0.790. The Balaban J connectivity index is 2.36. The van der Waals surface area contributed by atoms with Crippen LogP contribution < -0.4 is 5.32 Å². The Kier molecular flexibility index (Phi) is 7.92. The summed E-state index contributed by atoms with van der Waals surface area (Å²) in [5.41, 5.74) is 0. The zero-order valence-electron chi connectivity index (χ0n) is 13.0. The van der Waals surface area contributed by atoms with Gasteiger partial charge in [-0.3, -0.25) is 4.90 Å². The van der Waals surface area contributed by atoms with Gasteiger partial charge in [0.25, 0.3) is 0 Å². The third-order valence-corrected chi connectivity index (χ3v) is 4.33. The molecular weight excluding hydrogens is 220 g/mol. The largest absolute Gasteiger partial charge is 0.315 e. The number of nitrogens with zero attached hydrogens (tertiary/aromatic N) is 1. The second kappa shape index (κ2) is 8.92. The van der Waals surface area contributed by atoms with Gasteiger partial charge in [0.2, 0.25) is 0 Å². The highest BCUT2D eigenvalue weighted by atomic mass is 15.2. The van der Waals surface area contributed by atoms with Crippen LogP contribution in [0, 0.1) is 11.8 Å². The third-order valence-electron chi connectivity index (χ3n) is 4.33. The van der Waals surface area contributed by atoms with Gasteiger partial charge in [-0.25, -0.2) is 0 Å². The van der Waals surface area contributed by atoms with E-state index in [-0.39, 0.29) is 0 Å². The highest BCUT2D eigenvalue weighted by Crippen LogP contribution is 2.20. The topological polar surface area (TPSA) is 15.3 Å². The fourth-order valence-corrected chi connectivity index (χ4v) is 2.95. The van der Waals surface area contributed by atoms with Crippen LogP contribution in [0.1, 0.15) is 59.8 Å². The first-order chi connectivity index (χ1) is 8.67. The van der Waals surface area contributed by atoms with Crippen molar-refractivity contribution < 1.29 is 0 Å². The van der Waals surface area contributed by atoms with E-state index in [1.807, 2.05) is 0 Å². The summed E-state index contributed by atoms with van der Waals surface area (Å²) in [7, 11) is 0. The summed E-state index contributed by atoms with van der Waals surface area (Å²) in [6.45, 7) is 14.2. The minimum atomic E-state index is 0.765. The molecule has 0 aromatic carbocycles. The summed E-state index contributed by atoms with van der Waals surface area (Å²) in [5.74, 6) is 1.66. The Morgan fingerprint density at radius 1 is 1.17 bits per heavy atom. The first-order valence-corrected chi connectivity index (χ1v) is 8.12. The zero-order valence-corrected chi connectivity index (χ0v) is 13.0. The maximum Gasteiger partial charge on any atom is 0.0220 e. The van der Waals surface area contributed by atoms with Gasteiger partial charge in [-0.15, -0.1) is 0 Å². The molecule has 0 saturated carbocycles. The van der Waals surface area contributed by atoms with Crippen LogP contribution in [0.25, 0.3) is 0 Å². The standard InChI is InChI=1S/C16H34N2/c1-5-15(6-2)13-18-10-8-7-9-16(18)12-17-11-14(3)4/h14-17H,5-13H2,1-4H3. The van der Waals surface area contributed by atoms with Crippen LogP contribution >= 0.6 is 0 Å². The van der Waals surface area contributed by atoms with E-state index < -0.39 is 0 Å². The number of likely N-dealkylation sites (tertiary alicyclic amines) is 1. The molecule has 1 unspecified atom stereocenters. The predicted molar refractivity (Wildman–Crippen MR) is 81.0 cm³/mol. The molecule has 108 valence electrons. The quantitative estimate of drug-likeness (QED) is 0.713. The van der Waals surface area contributed by atoms with Crippen LogP contribution in [0.2, 0.25) is 0 Å². The molecular formula is C16H34N2. The molecule has 2 nitrogen and oxygen atoms in total. The Morgan fingerprint density at radius 2 is 1.89 bits per heavy atom. The highest BCUT2D eigenvalue weighted by Gasteiger charge is 2.23. The van der Waals surface area contributed by atoms with Crippen molar-refractivity contribution in [2.45, 2.75) is 65.8 Å². The van der Waals surface area contributed by atoms with Crippen molar-refractivity contribution in [1.29, 1.82) is 0 Å². The molecule has 1 aliphatic rings. The monoisotopic (exact) mass is 254 g/mol. The van der Waals surface area contributed by atoms with Crippen molar-refractivity contribution in [3.05, 3.63) is 0 Å². The summed E-state index contributed by atoms with van der Waals surface area (Å²) < 4.78 is 0. The average Bonchev–Trinajstić information content (AvgIpc) is 2.37. The van der Waals surface area contributed by atoms with E-state index in [9.17, 15) is 0 Å². The first kappa shape index (κ1) is 16.0. The van der Waals surface area contributed by atoms with Crippen molar-refractivity contribution in [3.63, 3.8) is 0 Å². The molecule has 0 aromatic rings. The molecule has 18 heavy (non-hydrogen) atoms. The summed E-state index contributed by atoms with van der Waals surface area (Å²) in [4.78, 5) is 2.76. The molecule has 0 radical (unpaired) electrons. The van der Waals surface area contributed by atoms with Crippen molar-refractivity contribution in [1.82, 2.24) is 10.2 Å². The van der Waals surface area contributed by atoms with Crippen LogP contribution in [-0.2, 0) is 0 Å². The highest BCUT2D eigenvalue weighted by molar-refractivity contribution is 4.80. The van der Waals surface area contributed by atoms with Gasteiger partial charge < -0.3 is 5.32 Å². The lowest BCUT2D eigenvalue weighted by Crippen LogP contribution is -2.47. The van der Waals surface area contributed by atoms with Crippen molar-refractivity contribution in [2.75, 3.05) is 26.2 Å². The molecule has 1 heterocycles. The molecule has 1 N–H and O–H groups in total. The van der Waals surface area contributed by atoms with Gasteiger partial charge in [0.1, 0.15) is 0 Å². The Morgan fingerprint density at radius 3 is 2.50 bits per heavy atom. The maximum atomic E-state index is 3.65. The van der Waals surface area contributed by atoms with Crippen LogP contribution in [0.4, 0.5) is 0 Å². The second-order valence-corrected chi connectivity index (χ2v) is 6.38. The van der Waals surface area contributed by atoms with E-state index >= 15 is 0 Å². The fourth-order valence-electron chi connectivity index (χ4n) is 2.95. The van der Waals surface area contributed by atoms with Crippen LogP contribution in [-0.4, -0.2) is 37.1 Å². The molecule has 2 heteroatoms. The molecule has 0 bridgehead atoms. The van der Waals surface area contributed by atoms with E-state index in [2.05, 4.69) is 37.9 Å². The van der Waals surface area contributed by atoms with Crippen molar-refractivity contribution in [3.8, 4) is 0 Å². The number of nitrogens with one attached hydrogen (secondary N) is 1. The zero-order chi connectivity index (χ0) is 13.4. The fraction of sp³-hybridized carbons (Fsp3) is 1.00. The third kappa shape index (κ3) is 5.71. The van der Waals surface area contributed by atoms with Gasteiger partial charge in [-0.2, -0.15) is 0 Å². The molecule has 0 aliphatic carbocycles. The number of piperidine rings is 1. The SMILES string of the molecule is CCC(CC)CN1CCCCC1CNCC(C)C. The van der Waals surface area contributed by atoms with E-state index in [0.29, 0.717) is 0 Å². The van der Waals surface area contributed by atoms with Gasteiger partial charge >= 0.3 is 0 Å². The van der Waals surface area contributed by atoms with E-state index in [1.54, 1.807) is 0 Å². The number of hydrogen-bond acceptors (Lipinski definition) is 2. The predicted octanol–water partition coefficient (Wildman–Crippen LogP) is 3.52. The van der Waals surface area contributed by atoms with Gasteiger partial charge in [0.05, 0.1) is 0 Å². The molecule has 1 rings (SSSR count). The maximum absolute atomic E-state index is 3.65. The average molecular weight is 254 g/mol. The minimum absolute atomic E-state index is 0.765. The Bertz CT molecular complexity index is 199. The van der Waals surface area contributed by atoms with Gasteiger partial charge in [-0.05, 0) is 37.8 Å². The summed E-state index contributed by atoms with van der Waals surface area (Å²) >= 11 is 0. The van der Waals surface area contributed by atoms with E-state index in [1.165, 1.54) is 51.7 Å². The van der Waals surface area contributed by atoms with Gasteiger partial charge in [0, 0.05) is 19.1 Å². The molecule has 0 amide bonds. The van der Waals surface area contributed by atoms with Gasteiger partial charge in [0.15, 0.2) is 0 Å². The second-order valence-electron chi connectivity index (χ2n) is 6.38. The van der Waals surface area contributed by atoms with Crippen molar-refractivity contribution in [2.24, 2.45) is 11.8 Å². The minimum Gasteiger partial charge on any atom is -0.315 e. The Hall–Kier alpha value is -0.0800. The number of hydrogen-bond donors (Lipinski definition) is 1. The molecule has 0 spiro atoms. The first-order valence-electron chi connectivity index (χ1n) is 8.12. The van der Waals surface area contributed by atoms with E-state index in [4.69, 9.17) is 0 Å². The summed E-state index contributed by atoms with van der Waals surface area (Å²) in [5, 5.41) is 3.65. The van der Waals surface area contributed by atoms with Crippen LogP contribution in [0.5, 0.6) is 0 Å². The molecule has 1 atom stereocenters. The summed E-state index contributed by atoms with van der Waals surface area (Å²) in [6.07, 6.45) is 6.89. The molecule has 0 aromatic heterocycles. The smallest absolute Gasteiger partial charge is 0.0220 e. The molecule has 1 aliphatic heterocycles. The van der Waals surface area contributed by atoms with Crippen molar-refractivity contribution >= 4 is 0 Å².